The zero-order valence-electron chi connectivity index (χ0n) is 13.9. The van der Waals surface area contributed by atoms with E-state index in [9.17, 15) is 4.79 Å². The van der Waals surface area contributed by atoms with Gasteiger partial charge in [0.05, 0.1) is 6.61 Å². The predicted octanol–water partition coefficient (Wildman–Crippen LogP) is 5.52. The molecule has 1 atom stereocenters. The molecule has 0 aliphatic heterocycles. The minimum absolute atomic E-state index is 0.163. The number of hydrogen-bond acceptors (Lipinski definition) is 3. The van der Waals surface area contributed by atoms with Crippen molar-refractivity contribution in [1.29, 1.82) is 0 Å². The molecule has 0 amide bonds. The van der Waals surface area contributed by atoms with Crippen molar-refractivity contribution in [2.24, 2.45) is 0 Å². The largest absolute Gasteiger partial charge is 0.465 e. The Bertz CT molecular complexity index is 611. The van der Waals surface area contributed by atoms with Crippen LogP contribution in [0.3, 0.4) is 0 Å². The predicted molar refractivity (Wildman–Crippen MR) is 99.9 cm³/mol. The maximum Gasteiger partial charge on any atom is 0.319 e. The first-order valence-corrected chi connectivity index (χ1v) is 9.23. The highest BCUT2D eigenvalue weighted by molar-refractivity contribution is 9.10. The summed E-state index contributed by atoms with van der Waals surface area (Å²) in [4.78, 5) is 11.5. The van der Waals surface area contributed by atoms with Crippen molar-refractivity contribution in [1.82, 2.24) is 0 Å². The Morgan fingerprint density at radius 3 is 2.38 bits per heavy atom. The van der Waals surface area contributed by atoms with Crippen LogP contribution in [0.2, 0.25) is 0 Å². The van der Waals surface area contributed by atoms with Gasteiger partial charge in [0.1, 0.15) is 16.3 Å². The monoisotopic (exact) mass is 390 g/mol. The molecule has 0 saturated carbocycles. The summed E-state index contributed by atoms with van der Waals surface area (Å²) in [6.45, 7) is 2.48. The third-order valence-corrected chi connectivity index (χ3v) is 4.36. The second-order valence-corrected chi connectivity index (χ2v) is 6.69. The molecule has 2 aromatic carbocycles. The molecular weight excluding hydrogens is 368 g/mol. The second kappa shape index (κ2) is 10.1. The quantitative estimate of drug-likeness (QED) is 0.417. The highest BCUT2D eigenvalue weighted by Crippen LogP contribution is 2.22. The number of aryl methyl sites for hydroxylation is 1. The number of alkyl halides is 1. The average molecular weight is 391 g/mol. The van der Waals surface area contributed by atoms with Crippen molar-refractivity contribution >= 4 is 21.9 Å². The van der Waals surface area contributed by atoms with E-state index in [4.69, 9.17) is 9.47 Å². The van der Waals surface area contributed by atoms with Crippen molar-refractivity contribution in [3.8, 4) is 11.5 Å². The number of carbonyl (C=O) groups is 1. The molecule has 0 bridgehead atoms. The van der Waals surface area contributed by atoms with E-state index in [1.165, 1.54) is 5.56 Å². The molecule has 4 heteroatoms. The number of benzene rings is 2. The maximum absolute atomic E-state index is 11.7. The summed E-state index contributed by atoms with van der Waals surface area (Å²) in [6, 6.07) is 17.8. The zero-order valence-corrected chi connectivity index (χ0v) is 15.5. The van der Waals surface area contributed by atoms with Crippen LogP contribution in [0.4, 0.5) is 0 Å². The Balaban J connectivity index is 1.75. The van der Waals surface area contributed by atoms with Crippen molar-refractivity contribution in [3.05, 3.63) is 60.2 Å². The third kappa shape index (κ3) is 6.36. The van der Waals surface area contributed by atoms with Gasteiger partial charge in [-0.15, -0.1) is 0 Å². The first kappa shape index (κ1) is 18.5. The van der Waals surface area contributed by atoms with Crippen molar-refractivity contribution in [2.45, 2.75) is 37.4 Å². The number of ether oxygens (including phenoxy) is 2. The maximum atomic E-state index is 11.7. The summed E-state index contributed by atoms with van der Waals surface area (Å²) in [5, 5.41) is 0. The second-order valence-electron chi connectivity index (χ2n) is 5.59. The smallest absolute Gasteiger partial charge is 0.319 e. The van der Waals surface area contributed by atoms with Crippen molar-refractivity contribution in [2.75, 3.05) is 6.61 Å². The van der Waals surface area contributed by atoms with Crippen LogP contribution in [0.25, 0.3) is 0 Å². The molecule has 0 N–H and O–H groups in total. The Kier molecular flexibility index (Phi) is 7.83. The lowest BCUT2D eigenvalue weighted by Gasteiger charge is -2.10. The number of esters is 1. The third-order valence-electron chi connectivity index (χ3n) is 3.53. The van der Waals surface area contributed by atoms with E-state index < -0.39 is 0 Å². The van der Waals surface area contributed by atoms with Gasteiger partial charge in [0.15, 0.2) is 0 Å². The van der Waals surface area contributed by atoms with Crippen LogP contribution >= 0.6 is 15.9 Å². The number of para-hydroxylation sites is 1. The molecule has 3 nitrogen and oxygen atoms in total. The number of halogens is 1. The number of rotatable bonds is 9. The van der Waals surface area contributed by atoms with Gasteiger partial charge < -0.3 is 9.47 Å². The fourth-order valence-corrected chi connectivity index (χ4v) is 2.70. The molecule has 128 valence electrons. The molecule has 24 heavy (non-hydrogen) atoms. The van der Waals surface area contributed by atoms with Gasteiger partial charge in [-0.05, 0) is 55.5 Å². The van der Waals surface area contributed by atoms with Crippen LogP contribution in [0.15, 0.2) is 54.6 Å². The van der Waals surface area contributed by atoms with E-state index >= 15 is 0 Å². The van der Waals surface area contributed by atoms with Gasteiger partial charge in [0.25, 0.3) is 0 Å². The molecule has 0 saturated heterocycles. The minimum Gasteiger partial charge on any atom is -0.465 e. The van der Waals surface area contributed by atoms with Crippen molar-refractivity contribution in [3.63, 3.8) is 0 Å². The molecule has 0 fully saturated rings. The molecule has 2 aromatic rings. The zero-order chi connectivity index (χ0) is 17.2. The lowest BCUT2D eigenvalue weighted by Crippen LogP contribution is -2.18. The van der Waals surface area contributed by atoms with Crippen LogP contribution in [0, 0.1) is 0 Å². The summed E-state index contributed by atoms with van der Waals surface area (Å²) < 4.78 is 10.9. The van der Waals surface area contributed by atoms with E-state index in [1.807, 2.05) is 49.4 Å². The van der Waals surface area contributed by atoms with Crippen LogP contribution in [0.1, 0.15) is 31.7 Å². The van der Waals surface area contributed by atoms with Crippen LogP contribution in [0.5, 0.6) is 11.5 Å². The van der Waals surface area contributed by atoms with Gasteiger partial charge in [0.2, 0.25) is 0 Å². The molecule has 0 spiro atoms. The summed E-state index contributed by atoms with van der Waals surface area (Å²) in [5.41, 5.74) is 1.23. The Morgan fingerprint density at radius 2 is 1.71 bits per heavy atom. The summed E-state index contributed by atoms with van der Waals surface area (Å²) >= 11 is 3.40. The van der Waals surface area contributed by atoms with Gasteiger partial charge in [0, 0.05) is 0 Å². The lowest BCUT2D eigenvalue weighted by atomic mass is 10.1. The highest BCUT2D eigenvalue weighted by atomic mass is 79.9. The molecule has 0 aromatic heterocycles. The first-order chi connectivity index (χ1) is 11.7. The number of hydrogen-bond donors (Lipinski definition) is 0. The van der Waals surface area contributed by atoms with E-state index in [1.54, 1.807) is 0 Å². The summed E-state index contributed by atoms with van der Waals surface area (Å²) in [5.74, 6) is 1.49. The van der Waals surface area contributed by atoms with Gasteiger partial charge in [-0.3, -0.25) is 4.79 Å². The van der Waals surface area contributed by atoms with Gasteiger partial charge in [-0.1, -0.05) is 53.2 Å². The van der Waals surface area contributed by atoms with E-state index in [-0.39, 0.29) is 10.8 Å². The van der Waals surface area contributed by atoms with E-state index in [0.717, 1.165) is 37.2 Å². The summed E-state index contributed by atoms with van der Waals surface area (Å²) in [6.07, 6.45) is 3.47. The fourth-order valence-electron chi connectivity index (χ4n) is 2.25. The van der Waals surface area contributed by atoms with Crippen LogP contribution in [-0.4, -0.2) is 17.4 Å². The molecule has 2 rings (SSSR count). The Labute approximate surface area is 152 Å². The summed E-state index contributed by atoms with van der Waals surface area (Å²) in [7, 11) is 0. The molecule has 0 aliphatic carbocycles. The fraction of sp³-hybridized carbons (Fsp3) is 0.350. The van der Waals surface area contributed by atoms with Crippen LogP contribution in [-0.2, 0) is 16.0 Å². The van der Waals surface area contributed by atoms with Crippen LogP contribution < -0.4 is 4.74 Å². The molecule has 1 unspecified atom stereocenters. The Morgan fingerprint density at radius 1 is 1.04 bits per heavy atom. The topological polar surface area (TPSA) is 35.5 Å². The van der Waals surface area contributed by atoms with E-state index in [0.29, 0.717) is 6.61 Å². The number of carbonyl (C=O) groups excluding carboxylic acids is 1. The SMILES string of the molecule is CCCOC(=O)C(Br)CCCc1ccc(Oc2ccccc2)cc1. The minimum atomic E-state index is -0.218. The molecule has 0 heterocycles. The molecular formula is C20H23BrO3. The van der Waals surface area contributed by atoms with Gasteiger partial charge >= 0.3 is 5.97 Å². The first-order valence-electron chi connectivity index (χ1n) is 8.31. The van der Waals surface area contributed by atoms with Gasteiger partial charge in [-0.25, -0.2) is 0 Å². The normalized spacial score (nSPS) is 11.8. The van der Waals surface area contributed by atoms with E-state index in [2.05, 4.69) is 28.1 Å². The lowest BCUT2D eigenvalue weighted by molar-refractivity contribution is -0.142. The Hall–Kier alpha value is -1.81. The molecule has 0 aliphatic rings. The molecule has 0 radical (unpaired) electrons. The van der Waals surface area contributed by atoms with Gasteiger partial charge in [-0.2, -0.15) is 0 Å². The standard InChI is InChI=1S/C20H23BrO3/c1-2-15-23-20(22)19(21)10-6-7-16-11-13-18(14-12-16)24-17-8-4-3-5-9-17/h3-5,8-9,11-14,19H,2,6-7,10,15H2,1H3. The average Bonchev–Trinajstić information content (AvgIpc) is 2.62. The highest BCUT2D eigenvalue weighted by Gasteiger charge is 2.15. The van der Waals surface area contributed by atoms with Crippen molar-refractivity contribution < 1.29 is 14.3 Å².